The maximum absolute atomic E-state index is 13.7. The third-order valence-corrected chi connectivity index (χ3v) is 4.09. The van der Waals surface area contributed by atoms with Crippen molar-refractivity contribution in [2.75, 3.05) is 6.61 Å². The maximum atomic E-state index is 13.7. The van der Waals surface area contributed by atoms with Gasteiger partial charge in [-0.2, -0.15) is 8.78 Å². The van der Waals surface area contributed by atoms with Gasteiger partial charge < -0.3 is 25.6 Å². The first-order chi connectivity index (χ1) is 14.1. The zero-order chi connectivity index (χ0) is 24.1. The Kier molecular flexibility index (Phi) is 9.25. The first-order valence-electron chi connectivity index (χ1n) is 9.55. The fraction of sp³-hybridized carbons (Fsp3) is 0.600. The zero-order valence-corrected chi connectivity index (χ0v) is 18.0. The molecule has 7 nitrogen and oxygen atoms in total. The SMILES string of the molecule is CC(C)C(N)C(=O)NC(CC(=O)OC(C)(C)C)C(O)COc1c(F)c(F)cc(F)c1F. The average Bonchev–Trinajstić information content (AvgIpc) is 2.63. The largest absolute Gasteiger partial charge is 0.485 e. The van der Waals surface area contributed by atoms with Crippen LogP contribution in [0.15, 0.2) is 6.07 Å². The molecule has 0 aromatic heterocycles. The topological polar surface area (TPSA) is 111 Å². The number of halogens is 4. The van der Waals surface area contributed by atoms with E-state index in [1.807, 2.05) is 0 Å². The summed E-state index contributed by atoms with van der Waals surface area (Å²) in [6.07, 6.45) is -2.23. The van der Waals surface area contributed by atoms with Gasteiger partial charge in [0.2, 0.25) is 17.5 Å². The second kappa shape index (κ2) is 10.8. The van der Waals surface area contributed by atoms with Crippen molar-refractivity contribution in [3.63, 3.8) is 0 Å². The fourth-order valence-electron chi connectivity index (χ4n) is 2.39. The fourth-order valence-corrected chi connectivity index (χ4v) is 2.39. The minimum atomic E-state index is -1.79. The first-order valence-corrected chi connectivity index (χ1v) is 9.55. The summed E-state index contributed by atoms with van der Waals surface area (Å²) in [5, 5.41) is 12.8. The second-order valence-corrected chi connectivity index (χ2v) is 8.35. The molecule has 11 heteroatoms. The number of rotatable bonds is 9. The van der Waals surface area contributed by atoms with Gasteiger partial charge in [-0.25, -0.2) is 8.78 Å². The highest BCUT2D eigenvalue weighted by Crippen LogP contribution is 2.26. The van der Waals surface area contributed by atoms with Crippen LogP contribution < -0.4 is 15.8 Å². The highest BCUT2D eigenvalue weighted by Gasteiger charge is 2.31. The van der Waals surface area contributed by atoms with Crippen molar-refractivity contribution in [1.82, 2.24) is 5.32 Å². The maximum Gasteiger partial charge on any atom is 0.308 e. The molecule has 0 saturated carbocycles. The molecule has 0 heterocycles. The van der Waals surface area contributed by atoms with E-state index in [1.54, 1.807) is 34.6 Å². The Morgan fingerprint density at radius 2 is 1.65 bits per heavy atom. The van der Waals surface area contributed by atoms with Gasteiger partial charge in [0.05, 0.1) is 18.5 Å². The number of hydrogen-bond acceptors (Lipinski definition) is 6. The Bertz CT molecular complexity index is 773. The number of ether oxygens (including phenoxy) is 2. The minimum Gasteiger partial charge on any atom is -0.485 e. The van der Waals surface area contributed by atoms with E-state index in [0.29, 0.717) is 0 Å². The summed E-state index contributed by atoms with van der Waals surface area (Å²) in [6, 6.07) is -2.29. The molecule has 176 valence electrons. The van der Waals surface area contributed by atoms with E-state index in [4.69, 9.17) is 15.2 Å². The Labute approximate surface area is 177 Å². The predicted molar refractivity (Wildman–Crippen MR) is 103 cm³/mol. The number of aliphatic hydroxyl groups excluding tert-OH is 1. The van der Waals surface area contributed by atoms with Crippen LogP contribution in [0.2, 0.25) is 0 Å². The molecule has 3 unspecified atom stereocenters. The predicted octanol–water partition coefficient (Wildman–Crippen LogP) is 2.18. The van der Waals surface area contributed by atoms with Crippen LogP contribution in [0.25, 0.3) is 0 Å². The summed E-state index contributed by atoms with van der Waals surface area (Å²) in [5.41, 5.74) is 4.90. The Morgan fingerprint density at radius 3 is 2.10 bits per heavy atom. The molecule has 3 atom stereocenters. The molecule has 0 saturated heterocycles. The Hall–Kier alpha value is -2.40. The molecule has 0 aliphatic heterocycles. The summed E-state index contributed by atoms with van der Waals surface area (Å²) in [7, 11) is 0. The quantitative estimate of drug-likeness (QED) is 0.301. The second-order valence-electron chi connectivity index (χ2n) is 8.35. The van der Waals surface area contributed by atoms with Crippen LogP contribution in [0.4, 0.5) is 17.6 Å². The van der Waals surface area contributed by atoms with Gasteiger partial charge in [-0.1, -0.05) is 13.8 Å². The van der Waals surface area contributed by atoms with Gasteiger partial charge in [-0.3, -0.25) is 9.59 Å². The van der Waals surface area contributed by atoms with E-state index >= 15 is 0 Å². The number of benzene rings is 1. The minimum absolute atomic E-state index is 0.00674. The van der Waals surface area contributed by atoms with Gasteiger partial charge in [0.15, 0.2) is 17.4 Å². The van der Waals surface area contributed by atoms with Gasteiger partial charge in [-0.05, 0) is 26.7 Å². The molecular formula is C20H28F4N2O5. The molecule has 1 amide bonds. The van der Waals surface area contributed by atoms with Crippen LogP contribution in [0.5, 0.6) is 5.75 Å². The number of carbonyl (C=O) groups is 2. The van der Waals surface area contributed by atoms with Crippen LogP contribution in [-0.4, -0.2) is 47.4 Å². The number of nitrogens with one attached hydrogen (secondary N) is 1. The van der Waals surface area contributed by atoms with Gasteiger partial charge >= 0.3 is 5.97 Å². The average molecular weight is 452 g/mol. The van der Waals surface area contributed by atoms with Crippen molar-refractivity contribution in [2.45, 2.75) is 64.8 Å². The van der Waals surface area contributed by atoms with Crippen molar-refractivity contribution < 1.29 is 41.7 Å². The standard InChI is InChI=1S/C20H28F4N2O5/c1-9(2)17(25)19(29)26-12(7-14(28)31-20(3,4)5)13(27)8-30-18-15(23)10(21)6-11(22)16(18)24/h6,9,12-13,17,27H,7-8,25H2,1-5H3,(H,26,29). The van der Waals surface area contributed by atoms with E-state index < -0.39 is 77.7 Å². The summed E-state index contributed by atoms with van der Waals surface area (Å²) in [4.78, 5) is 24.4. The molecule has 1 rings (SSSR count). The van der Waals surface area contributed by atoms with Crippen LogP contribution in [0.1, 0.15) is 41.0 Å². The lowest BCUT2D eigenvalue weighted by molar-refractivity contribution is -0.156. The summed E-state index contributed by atoms with van der Waals surface area (Å²) in [6.45, 7) is 7.28. The number of esters is 1. The van der Waals surface area contributed by atoms with E-state index in [1.165, 1.54) is 0 Å². The molecule has 0 aliphatic carbocycles. The smallest absolute Gasteiger partial charge is 0.308 e. The highest BCUT2D eigenvalue weighted by atomic mass is 19.2. The molecule has 31 heavy (non-hydrogen) atoms. The van der Waals surface area contributed by atoms with E-state index in [-0.39, 0.29) is 12.0 Å². The summed E-state index contributed by atoms with van der Waals surface area (Å²) in [5.74, 6) is -10.1. The summed E-state index contributed by atoms with van der Waals surface area (Å²) >= 11 is 0. The van der Waals surface area contributed by atoms with Gasteiger partial charge in [0.25, 0.3) is 0 Å². The Balaban J connectivity index is 3.01. The molecule has 1 aromatic carbocycles. The number of carbonyl (C=O) groups excluding carboxylic acids is 2. The number of hydrogen-bond donors (Lipinski definition) is 3. The molecule has 0 radical (unpaired) electrons. The lowest BCUT2D eigenvalue weighted by atomic mass is 10.0. The van der Waals surface area contributed by atoms with Crippen molar-refractivity contribution in [3.8, 4) is 5.75 Å². The third-order valence-electron chi connectivity index (χ3n) is 4.09. The van der Waals surface area contributed by atoms with Crippen LogP contribution >= 0.6 is 0 Å². The van der Waals surface area contributed by atoms with Crippen molar-refractivity contribution in [3.05, 3.63) is 29.3 Å². The summed E-state index contributed by atoms with van der Waals surface area (Å²) < 4.78 is 64.0. The number of aliphatic hydroxyl groups is 1. The Morgan fingerprint density at radius 1 is 1.13 bits per heavy atom. The van der Waals surface area contributed by atoms with E-state index in [2.05, 4.69) is 5.32 Å². The molecule has 4 N–H and O–H groups in total. The molecule has 1 aromatic rings. The molecule has 0 bridgehead atoms. The molecule has 0 fully saturated rings. The van der Waals surface area contributed by atoms with Crippen molar-refractivity contribution in [1.29, 1.82) is 0 Å². The van der Waals surface area contributed by atoms with E-state index in [0.717, 1.165) is 0 Å². The van der Waals surface area contributed by atoms with Crippen LogP contribution in [0.3, 0.4) is 0 Å². The molecule has 0 aliphatic rings. The van der Waals surface area contributed by atoms with Crippen molar-refractivity contribution in [2.24, 2.45) is 11.7 Å². The third kappa shape index (κ3) is 7.98. The van der Waals surface area contributed by atoms with Crippen LogP contribution in [-0.2, 0) is 14.3 Å². The van der Waals surface area contributed by atoms with Gasteiger partial charge in [0, 0.05) is 6.07 Å². The van der Waals surface area contributed by atoms with Gasteiger partial charge in [-0.15, -0.1) is 0 Å². The molecule has 0 spiro atoms. The van der Waals surface area contributed by atoms with Gasteiger partial charge in [0.1, 0.15) is 18.3 Å². The first kappa shape index (κ1) is 26.6. The van der Waals surface area contributed by atoms with E-state index in [9.17, 15) is 32.3 Å². The number of nitrogens with two attached hydrogens (primary N) is 1. The number of amides is 1. The zero-order valence-electron chi connectivity index (χ0n) is 18.0. The molecular weight excluding hydrogens is 424 g/mol. The van der Waals surface area contributed by atoms with Crippen molar-refractivity contribution >= 4 is 11.9 Å². The highest BCUT2D eigenvalue weighted by molar-refractivity contribution is 5.82. The normalized spacial score (nSPS) is 14.7. The monoisotopic (exact) mass is 452 g/mol. The van der Waals surface area contributed by atoms with Crippen LogP contribution in [0, 0.1) is 29.2 Å². The lowest BCUT2D eigenvalue weighted by Gasteiger charge is -2.27. The lowest BCUT2D eigenvalue weighted by Crippen LogP contribution is -2.53.